The van der Waals surface area contributed by atoms with E-state index in [4.69, 9.17) is 5.26 Å². The van der Waals surface area contributed by atoms with Gasteiger partial charge in [-0.2, -0.15) is 5.26 Å². The highest BCUT2D eigenvalue weighted by Crippen LogP contribution is 2.28. The highest BCUT2D eigenvalue weighted by Gasteiger charge is 2.16. The second-order valence-corrected chi connectivity index (χ2v) is 4.71. The van der Waals surface area contributed by atoms with Gasteiger partial charge >= 0.3 is 0 Å². The lowest BCUT2D eigenvalue weighted by molar-refractivity contribution is 0.627. The molecule has 4 nitrogen and oxygen atoms in total. The first-order chi connectivity index (χ1) is 9.29. The predicted octanol–water partition coefficient (Wildman–Crippen LogP) is 3.01. The van der Waals surface area contributed by atoms with Crippen molar-refractivity contribution in [3.05, 3.63) is 53.3 Å². The third-order valence-electron chi connectivity index (χ3n) is 2.60. The van der Waals surface area contributed by atoms with Gasteiger partial charge in [0.25, 0.3) is 0 Å². The molecule has 0 atom stereocenters. The van der Waals surface area contributed by atoms with Crippen molar-refractivity contribution in [1.82, 2.24) is 15.0 Å². The van der Waals surface area contributed by atoms with Gasteiger partial charge in [0.1, 0.15) is 17.6 Å². The van der Waals surface area contributed by atoms with Gasteiger partial charge < -0.3 is 0 Å². The van der Waals surface area contributed by atoms with Crippen LogP contribution >= 0.6 is 11.3 Å². The van der Waals surface area contributed by atoms with Crippen LogP contribution in [0.1, 0.15) is 5.69 Å². The van der Waals surface area contributed by atoms with Gasteiger partial charge in [-0.15, -0.1) is 16.4 Å². The van der Waals surface area contributed by atoms with Gasteiger partial charge in [0, 0.05) is 0 Å². The van der Waals surface area contributed by atoms with Gasteiger partial charge in [-0.05, 0) is 35.7 Å². The van der Waals surface area contributed by atoms with E-state index < -0.39 is 0 Å². The third-order valence-corrected chi connectivity index (χ3v) is 3.48. The molecule has 92 valence electrons. The molecular formula is C13H7FN4S. The van der Waals surface area contributed by atoms with E-state index in [-0.39, 0.29) is 11.5 Å². The fourth-order valence-corrected chi connectivity index (χ4v) is 2.51. The summed E-state index contributed by atoms with van der Waals surface area (Å²) in [6.07, 6.45) is 0. The van der Waals surface area contributed by atoms with Crippen molar-refractivity contribution in [3.8, 4) is 22.3 Å². The molecule has 0 saturated heterocycles. The third kappa shape index (κ3) is 2.00. The summed E-state index contributed by atoms with van der Waals surface area (Å²) < 4.78 is 14.5. The molecule has 0 aliphatic rings. The molecule has 0 saturated carbocycles. The average molecular weight is 270 g/mol. The number of thiophene rings is 1. The standard InChI is InChI=1S/C13H7FN4S/c14-9-3-5-10(6-4-9)18-13(11(8-15)16-17-18)12-2-1-7-19-12/h1-7H. The molecule has 0 aliphatic carbocycles. The lowest BCUT2D eigenvalue weighted by Crippen LogP contribution is -1.98. The first-order valence-corrected chi connectivity index (χ1v) is 6.33. The molecule has 1 aromatic carbocycles. The molecule has 19 heavy (non-hydrogen) atoms. The lowest BCUT2D eigenvalue weighted by atomic mass is 10.2. The molecular weight excluding hydrogens is 263 g/mol. The zero-order chi connectivity index (χ0) is 13.2. The summed E-state index contributed by atoms with van der Waals surface area (Å²) in [4.78, 5) is 0.894. The van der Waals surface area contributed by atoms with Crippen LogP contribution in [-0.2, 0) is 0 Å². The van der Waals surface area contributed by atoms with Crippen molar-refractivity contribution in [2.75, 3.05) is 0 Å². The van der Waals surface area contributed by atoms with Crippen LogP contribution in [0, 0.1) is 17.1 Å². The molecule has 0 aliphatic heterocycles. The molecule has 3 rings (SSSR count). The average Bonchev–Trinajstić information content (AvgIpc) is 3.07. The first kappa shape index (κ1) is 11.6. The lowest BCUT2D eigenvalue weighted by Gasteiger charge is -2.04. The fraction of sp³-hybridized carbons (Fsp3) is 0. The zero-order valence-electron chi connectivity index (χ0n) is 9.62. The summed E-state index contributed by atoms with van der Waals surface area (Å²) in [5, 5.41) is 18.8. The Labute approximate surface area is 112 Å². The summed E-state index contributed by atoms with van der Waals surface area (Å²) in [5.41, 5.74) is 1.55. The molecule has 0 unspecified atom stereocenters. The monoisotopic (exact) mass is 270 g/mol. The Hall–Kier alpha value is -2.52. The molecule has 0 radical (unpaired) electrons. The van der Waals surface area contributed by atoms with Crippen molar-refractivity contribution in [3.63, 3.8) is 0 Å². The maximum Gasteiger partial charge on any atom is 0.191 e. The van der Waals surface area contributed by atoms with Gasteiger partial charge in [0.15, 0.2) is 5.69 Å². The number of hydrogen-bond donors (Lipinski definition) is 0. The summed E-state index contributed by atoms with van der Waals surface area (Å²) >= 11 is 1.50. The number of rotatable bonds is 2. The van der Waals surface area contributed by atoms with Gasteiger partial charge in [-0.1, -0.05) is 11.3 Å². The maximum atomic E-state index is 13.0. The minimum atomic E-state index is -0.318. The van der Waals surface area contributed by atoms with Gasteiger partial charge in [0.2, 0.25) is 0 Å². The second kappa shape index (κ2) is 4.63. The molecule has 3 aromatic rings. The summed E-state index contributed by atoms with van der Waals surface area (Å²) in [6, 6.07) is 11.7. The highest BCUT2D eigenvalue weighted by atomic mass is 32.1. The maximum absolute atomic E-state index is 13.0. The number of benzene rings is 1. The number of nitrogens with zero attached hydrogens (tertiary/aromatic N) is 4. The summed E-state index contributed by atoms with van der Waals surface area (Å²) in [5.74, 6) is -0.318. The van der Waals surface area contributed by atoms with Gasteiger partial charge in [-0.3, -0.25) is 0 Å². The van der Waals surface area contributed by atoms with Crippen LogP contribution in [0.25, 0.3) is 16.3 Å². The molecule has 0 fully saturated rings. The Balaban J connectivity index is 2.20. The number of nitriles is 1. The van der Waals surface area contributed by atoms with Crippen LogP contribution in [-0.4, -0.2) is 15.0 Å². The molecule has 2 aromatic heterocycles. The molecule has 6 heteroatoms. The normalized spacial score (nSPS) is 10.3. The van der Waals surface area contributed by atoms with E-state index in [2.05, 4.69) is 10.3 Å². The molecule has 0 amide bonds. The summed E-state index contributed by atoms with van der Waals surface area (Å²) in [7, 11) is 0. The number of hydrogen-bond acceptors (Lipinski definition) is 4. The Morgan fingerprint density at radius 2 is 2.00 bits per heavy atom. The van der Waals surface area contributed by atoms with Crippen molar-refractivity contribution in [2.24, 2.45) is 0 Å². The Morgan fingerprint density at radius 3 is 2.63 bits per heavy atom. The van der Waals surface area contributed by atoms with Gasteiger partial charge in [0.05, 0.1) is 10.6 Å². The van der Waals surface area contributed by atoms with Crippen molar-refractivity contribution < 1.29 is 4.39 Å². The quantitative estimate of drug-likeness (QED) is 0.719. The van der Waals surface area contributed by atoms with E-state index in [1.165, 1.54) is 23.5 Å². The number of halogens is 1. The highest BCUT2D eigenvalue weighted by molar-refractivity contribution is 7.13. The number of aromatic nitrogens is 3. The SMILES string of the molecule is N#Cc1nnn(-c2ccc(F)cc2)c1-c1cccs1. The van der Waals surface area contributed by atoms with Crippen molar-refractivity contribution in [1.29, 1.82) is 5.26 Å². The van der Waals surface area contributed by atoms with Crippen molar-refractivity contribution in [2.45, 2.75) is 0 Å². The van der Waals surface area contributed by atoms with E-state index in [1.807, 2.05) is 23.6 Å². The minimum Gasteiger partial charge on any atom is -0.211 e. The molecule has 0 N–H and O–H groups in total. The van der Waals surface area contributed by atoms with E-state index in [0.29, 0.717) is 11.4 Å². The van der Waals surface area contributed by atoms with Crippen LogP contribution in [0.2, 0.25) is 0 Å². The predicted molar refractivity (Wildman–Crippen MR) is 69.3 cm³/mol. The topological polar surface area (TPSA) is 54.5 Å². The Bertz CT molecular complexity index is 738. The van der Waals surface area contributed by atoms with Crippen molar-refractivity contribution >= 4 is 11.3 Å². The summed E-state index contributed by atoms with van der Waals surface area (Å²) in [6.45, 7) is 0. The largest absolute Gasteiger partial charge is 0.211 e. The van der Waals surface area contributed by atoms with Crippen LogP contribution in [0.5, 0.6) is 0 Å². The van der Waals surface area contributed by atoms with Crippen LogP contribution < -0.4 is 0 Å². The van der Waals surface area contributed by atoms with Crippen LogP contribution in [0.15, 0.2) is 41.8 Å². The van der Waals surface area contributed by atoms with Crippen LogP contribution in [0.3, 0.4) is 0 Å². The Kier molecular flexibility index (Phi) is 2.82. The van der Waals surface area contributed by atoms with Gasteiger partial charge in [-0.25, -0.2) is 9.07 Å². The van der Waals surface area contributed by atoms with E-state index in [9.17, 15) is 4.39 Å². The Morgan fingerprint density at radius 1 is 1.21 bits per heavy atom. The van der Waals surface area contributed by atoms with Crippen LogP contribution in [0.4, 0.5) is 4.39 Å². The van der Waals surface area contributed by atoms with E-state index in [1.54, 1.807) is 16.8 Å². The molecule has 0 spiro atoms. The van der Waals surface area contributed by atoms with E-state index in [0.717, 1.165) is 4.88 Å². The molecule has 0 bridgehead atoms. The fourth-order valence-electron chi connectivity index (χ4n) is 1.75. The minimum absolute atomic E-state index is 0.256. The zero-order valence-corrected chi connectivity index (χ0v) is 10.4. The second-order valence-electron chi connectivity index (χ2n) is 3.76. The molecule has 2 heterocycles. The smallest absolute Gasteiger partial charge is 0.191 e. The van der Waals surface area contributed by atoms with E-state index >= 15 is 0 Å². The first-order valence-electron chi connectivity index (χ1n) is 5.45.